The van der Waals surface area contributed by atoms with Gasteiger partial charge in [-0.1, -0.05) is 0 Å². The van der Waals surface area contributed by atoms with Gasteiger partial charge in [-0.05, 0) is 12.2 Å². The number of nitrogens with one attached hydrogen (secondary N) is 1. The maximum Gasteiger partial charge on any atom is 0.322 e. The molecule has 0 radical (unpaired) electrons. The van der Waals surface area contributed by atoms with Crippen LogP contribution in [-0.2, 0) is 16.6 Å². The normalized spacial score (nSPS) is 21.9. The fourth-order valence-corrected chi connectivity index (χ4v) is 4.90. The van der Waals surface area contributed by atoms with Crippen molar-refractivity contribution in [2.75, 3.05) is 31.3 Å². The zero-order chi connectivity index (χ0) is 17.5. The lowest BCUT2D eigenvalue weighted by Crippen LogP contribution is -2.65. The highest BCUT2D eigenvalue weighted by atomic mass is 32.2. The lowest BCUT2D eigenvalue weighted by Gasteiger charge is -2.49. The molecule has 7 nitrogen and oxygen atoms in total. The first kappa shape index (κ1) is 17.0. The molecule has 0 aromatic carbocycles. The highest BCUT2D eigenvalue weighted by Gasteiger charge is 2.56. The predicted molar refractivity (Wildman–Crippen MR) is 84.1 cm³/mol. The van der Waals surface area contributed by atoms with Gasteiger partial charge in [-0.25, -0.2) is 13.6 Å². The number of alkyl halides is 2. The Balaban J connectivity index is 1.64. The number of carbonyl (C=O) groups is 2. The topological polar surface area (TPSA) is 76.5 Å². The lowest BCUT2D eigenvalue weighted by molar-refractivity contribution is -0.147. The second-order valence-electron chi connectivity index (χ2n) is 5.97. The Morgan fingerprint density at radius 1 is 1.50 bits per heavy atom. The summed E-state index contributed by atoms with van der Waals surface area (Å²) in [4.78, 5) is 25.6. The van der Waals surface area contributed by atoms with Crippen LogP contribution < -0.4 is 5.32 Å². The van der Waals surface area contributed by atoms with Crippen molar-refractivity contribution in [3.63, 3.8) is 0 Å². The largest absolute Gasteiger partial charge is 0.469 e. The number of urea groups is 1. The number of carbonyl (C=O) groups excluding carboxylic acids is 2. The molecular weight excluding hydrogens is 342 g/mol. The van der Waals surface area contributed by atoms with E-state index in [-0.39, 0.29) is 22.3 Å². The van der Waals surface area contributed by atoms with Crippen molar-refractivity contribution in [1.82, 2.24) is 14.7 Å². The molecule has 1 N–H and O–H groups in total. The van der Waals surface area contributed by atoms with Crippen molar-refractivity contribution in [1.29, 1.82) is 0 Å². The third-order valence-corrected chi connectivity index (χ3v) is 5.98. The Bertz CT molecular complexity index is 660. The number of likely N-dealkylation sites (tertiary alicyclic amines) is 1. The van der Waals surface area contributed by atoms with Crippen molar-refractivity contribution >= 4 is 29.4 Å². The van der Waals surface area contributed by atoms with Gasteiger partial charge in [0.1, 0.15) is 0 Å². The van der Waals surface area contributed by atoms with Gasteiger partial charge in [0.15, 0.2) is 5.69 Å². The number of halogens is 2. The third-order valence-electron chi connectivity index (χ3n) is 4.43. The van der Waals surface area contributed by atoms with E-state index in [0.29, 0.717) is 13.1 Å². The molecule has 1 unspecified atom stereocenters. The number of amides is 2. The van der Waals surface area contributed by atoms with Crippen molar-refractivity contribution in [2.24, 2.45) is 13.0 Å². The van der Waals surface area contributed by atoms with Crippen LogP contribution in [0.25, 0.3) is 0 Å². The number of aromatic nitrogens is 2. The number of ether oxygens (including phenoxy) is 1. The second kappa shape index (κ2) is 6.23. The molecule has 2 fully saturated rings. The zero-order valence-corrected chi connectivity index (χ0v) is 14.1. The SMILES string of the molecule is COC(=O)C1CCSC12CN(C(=O)Nc1cn(C)nc1C(F)F)C2. The lowest BCUT2D eigenvalue weighted by atomic mass is 9.83. The van der Waals surface area contributed by atoms with Crippen LogP contribution in [0.1, 0.15) is 18.5 Å². The minimum atomic E-state index is -2.77. The molecule has 1 aromatic rings. The van der Waals surface area contributed by atoms with Crippen LogP contribution in [0.5, 0.6) is 0 Å². The van der Waals surface area contributed by atoms with E-state index in [1.807, 2.05) is 0 Å². The van der Waals surface area contributed by atoms with Gasteiger partial charge in [0.2, 0.25) is 0 Å². The minimum Gasteiger partial charge on any atom is -0.469 e. The summed E-state index contributed by atoms with van der Waals surface area (Å²) < 4.78 is 31.6. The molecule has 2 saturated heterocycles. The molecule has 1 spiro atoms. The van der Waals surface area contributed by atoms with Gasteiger partial charge in [-0.3, -0.25) is 9.48 Å². The predicted octanol–water partition coefficient (Wildman–Crippen LogP) is 1.87. The first-order chi connectivity index (χ1) is 11.4. The van der Waals surface area contributed by atoms with Crippen molar-refractivity contribution < 1.29 is 23.1 Å². The van der Waals surface area contributed by atoms with Crippen LogP contribution in [0, 0.1) is 5.92 Å². The molecule has 1 aromatic heterocycles. The molecule has 0 bridgehead atoms. The first-order valence-corrected chi connectivity index (χ1v) is 8.44. The number of nitrogens with zero attached hydrogens (tertiary/aromatic N) is 3. The zero-order valence-electron chi connectivity index (χ0n) is 13.3. The molecule has 132 valence electrons. The van der Waals surface area contributed by atoms with Gasteiger partial charge >= 0.3 is 12.0 Å². The third kappa shape index (κ3) is 2.83. The van der Waals surface area contributed by atoms with Gasteiger partial charge in [0.05, 0.1) is 23.5 Å². The van der Waals surface area contributed by atoms with Gasteiger partial charge < -0.3 is 15.0 Å². The number of hydrogen-bond acceptors (Lipinski definition) is 5. The van der Waals surface area contributed by atoms with Crippen LogP contribution in [0.4, 0.5) is 19.3 Å². The summed E-state index contributed by atoms with van der Waals surface area (Å²) in [6.07, 6.45) is -0.695. The van der Waals surface area contributed by atoms with Gasteiger partial charge in [-0.2, -0.15) is 16.9 Å². The molecule has 0 aliphatic carbocycles. The molecule has 10 heteroatoms. The average Bonchev–Trinajstić information content (AvgIpc) is 3.08. The summed E-state index contributed by atoms with van der Waals surface area (Å²) in [7, 11) is 2.87. The minimum absolute atomic E-state index is 0.00189. The fourth-order valence-electron chi connectivity index (χ4n) is 3.23. The van der Waals surface area contributed by atoms with Crippen LogP contribution >= 0.6 is 11.8 Å². The fraction of sp³-hybridized carbons (Fsp3) is 0.643. The van der Waals surface area contributed by atoms with E-state index in [4.69, 9.17) is 4.74 Å². The van der Waals surface area contributed by atoms with Crippen molar-refractivity contribution in [3.05, 3.63) is 11.9 Å². The number of thioether (sulfide) groups is 1. The van der Waals surface area contributed by atoms with Crippen molar-refractivity contribution in [3.8, 4) is 0 Å². The van der Waals surface area contributed by atoms with E-state index in [9.17, 15) is 18.4 Å². The van der Waals surface area contributed by atoms with Gasteiger partial charge in [0, 0.05) is 26.3 Å². The quantitative estimate of drug-likeness (QED) is 0.833. The van der Waals surface area contributed by atoms with Crippen LogP contribution in [-0.4, -0.2) is 57.4 Å². The standard InChI is InChI=1S/C14H18F2N4O3S/c1-19-5-9(10(18-19)11(15)16)17-13(22)20-6-14(7-20)8(3-4-24-14)12(21)23-2/h5,8,11H,3-4,6-7H2,1-2H3,(H,17,22). The second-order valence-corrected chi connectivity index (χ2v) is 7.48. The molecule has 3 rings (SSSR count). The summed E-state index contributed by atoms with van der Waals surface area (Å²) in [6.45, 7) is 0.793. The summed E-state index contributed by atoms with van der Waals surface area (Å²) in [5.41, 5.74) is -0.453. The molecule has 2 aliphatic heterocycles. The summed E-state index contributed by atoms with van der Waals surface area (Å²) in [5, 5.41) is 6.13. The molecule has 3 heterocycles. The van der Waals surface area contributed by atoms with E-state index < -0.39 is 18.2 Å². The molecule has 24 heavy (non-hydrogen) atoms. The number of aryl methyl sites for hydroxylation is 1. The maximum atomic E-state index is 12.9. The van der Waals surface area contributed by atoms with Gasteiger partial charge in [-0.15, -0.1) is 0 Å². The van der Waals surface area contributed by atoms with E-state index in [2.05, 4.69) is 10.4 Å². The highest BCUT2D eigenvalue weighted by Crippen LogP contribution is 2.49. The van der Waals surface area contributed by atoms with Crippen molar-refractivity contribution in [2.45, 2.75) is 17.6 Å². The Morgan fingerprint density at radius 3 is 2.83 bits per heavy atom. The maximum absolute atomic E-state index is 12.9. The summed E-state index contributed by atoms with van der Waals surface area (Å²) in [6, 6.07) is -0.466. The van der Waals surface area contributed by atoms with Crippen LogP contribution in [0.3, 0.4) is 0 Å². The van der Waals surface area contributed by atoms with Gasteiger partial charge in [0.25, 0.3) is 6.43 Å². The molecule has 1 atom stereocenters. The monoisotopic (exact) mass is 360 g/mol. The highest BCUT2D eigenvalue weighted by molar-refractivity contribution is 8.01. The Labute approximate surface area is 141 Å². The van der Waals surface area contributed by atoms with Crippen LogP contribution in [0.2, 0.25) is 0 Å². The summed E-state index contributed by atoms with van der Waals surface area (Å²) in [5.74, 6) is 0.353. The molecular formula is C14H18F2N4O3S. The van der Waals surface area contributed by atoms with E-state index in [0.717, 1.165) is 12.2 Å². The Morgan fingerprint density at radius 2 is 2.21 bits per heavy atom. The number of esters is 1. The van der Waals surface area contributed by atoms with Crippen LogP contribution in [0.15, 0.2) is 6.20 Å². The number of rotatable bonds is 3. The first-order valence-electron chi connectivity index (χ1n) is 7.45. The van der Waals surface area contributed by atoms with E-state index in [1.54, 1.807) is 11.8 Å². The Kier molecular flexibility index (Phi) is 4.41. The number of hydrogen-bond donors (Lipinski definition) is 1. The number of anilines is 1. The molecule has 2 aliphatic rings. The van der Waals surface area contributed by atoms with E-state index in [1.165, 1.54) is 29.9 Å². The smallest absolute Gasteiger partial charge is 0.322 e. The molecule has 0 saturated carbocycles. The van der Waals surface area contributed by atoms with E-state index >= 15 is 0 Å². The Hall–Kier alpha value is -1.84. The number of methoxy groups -OCH3 is 1. The molecule has 2 amide bonds. The summed E-state index contributed by atoms with van der Waals surface area (Å²) >= 11 is 1.66. The average molecular weight is 360 g/mol.